The Bertz CT molecular complexity index is 454. The summed E-state index contributed by atoms with van der Waals surface area (Å²) in [6, 6.07) is 7.06. The molecule has 4 nitrogen and oxygen atoms in total. The van der Waals surface area contributed by atoms with Gasteiger partial charge in [-0.25, -0.2) is 0 Å². The van der Waals surface area contributed by atoms with Crippen LogP contribution in [0.15, 0.2) is 24.3 Å². The van der Waals surface area contributed by atoms with E-state index in [1.165, 1.54) is 0 Å². The quantitative estimate of drug-likeness (QED) is 0.802. The number of benzene rings is 1. The second-order valence-corrected chi connectivity index (χ2v) is 4.70. The standard InChI is InChI=1S/C15H21NO3/c1-5-13(17)12-8-6-7-9-14(12)19-11(4)15(18)16-10(2)3/h6-11H,5H2,1-4H3,(H,16,18). The summed E-state index contributed by atoms with van der Waals surface area (Å²) in [7, 11) is 0. The second-order valence-electron chi connectivity index (χ2n) is 4.70. The van der Waals surface area contributed by atoms with Gasteiger partial charge in [-0.2, -0.15) is 0 Å². The van der Waals surface area contributed by atoms with Gasteiger partial charge in [-0.3, -0.25) is 9.59 Å². The van der Waals surface area contributed by atoms with Crippen LogP contribution < -0.4 is 10.1 Å². The van der Waals surface area contributed by atoms with E-state index in [-0.39, 0.29) is 17.7 Å². The van der Waals surface area contributed by atoms with E-state index in [0.29, 0.717) is 17.7 Å². The lowest BCUT2D eigenvalue weighted by molar-refractivity contribution is -0.127. The number of nitrogens with one attached hydrogen (secondary N) is 1. The van der Waals surface area contributed by atoms with Gasteiger partial charge in [0.05, 0.1) is 5.56 Å². The largest absolute Gasteiger partial charge is 0.480 e. The van der Waals surface area contributed by atoms with Crippen molar-refractivity contribution >= 4 is 11.7 Å². The summed E-state index contributed by atoms with van der Waals surface area (Å²) in [4.78, 5) is 23.6. The fraction of sp³-hybridized carbons (Fsp3) is 0.467. The van der Waals surface area contributed by atoms with Gasteiger partial charge in [0.2, 0.25) is 0 Å². The van der Waals surface area contributed by atoms with E-state index in [4.69, 9.17) is 4.74 Å². The number of carbonyl (C=O) groups excluding carboxylic acids is 2. The van der Waals surface area contributed by atoms with Crippen molar-refractivity contribution in [3.8, 4) is 5.75 Å². The third kappa shape index (κ3) is 4.39. The van der Waals surface area contributed by atoms with Crippen molar-refractivity contribution in [1.29, 1.82) is 0 Å². The van der Waals surface area contributed by atoms with Crippen LogP contribution in [0, 0.1) is 0 Å². The van der Waals surface area contributed by atoms with E-state index in [2.05, 4.69) is 5.32 Å². The Morgan fingerprint density at radius 3 is 2.42 bits per heavy atom. The van der Waals surface area contributed by atoms with E-state index >= 15 is 0 Å². The van der Waals surface area contributed by atoms with Crippen LogP contribution >= 0.6 is 0 Å². The average Bonchev–Trinajstić information content (AvgIpc) is 2.37. The van der Waals surface area contributed by atoms with E-state index in [9.17, 15) is 9.59 Å². The maximum Gasteiger partial charge on any atom is 0.260 e. The van der Waals surface area contributed by atoms with Crippen molar-refractivity contribution in [2.75, 3.05) is 0 Å². The Hall–Kier alpha value is -1.84. The first kappa shape index (κ1) is 15.2. The molecule has 0 heterocycles. The predicted octanol–water partition coefficient (Wildman–Crippen LogP) is 2.57. The van der Waals surface area contributed by atoms with Crippen molar-refractivity contribution in [3.05, 3.63) is 29.8 Å². The molecule has 1 rings (SSSR count). The number of para-hydroxylation sites is 1. The summed E-state index contributed by atoms with van der Waals surface area (Å²) in [6.45, 7) is 7.25. The maximum atomic E-state index is 11.8. The van der Waals surface area contributed by atoms with Crippen molar-refractivity contribution in [3.63, 3.8) is 0 Å². The molecule has 0 fully saturated rings. The monoisotopic (exact) mass is 263 g/mol. The molecule has 0 saturated heterocycles. The lowest BCUT2D eigenvalue weighted by Gasteiger charge is -2.18. The van der Waals surface area contributed by atoms with Gasteiger partial charge in [-0.1, -0.05) is 19.1 Å². The van der Waals surface area contributed by atoms with Gasteiger partial charge >= 0.3 is 0 Å². The normalized spacial score (nSPS) is 12.1. The molecule has 1 aromatic rings. The highest BCUT2D eigenvalue weighted by Gasteiger charge is 2.18. The van der Waals surface area contributed by atoms with Crippen LogP contribution in [0.3, 0.4) is 0 Å². The minimum Gasteiger partial charge on any atom is -0.480 e. The highest BCUT2D eigenvalue weighted by molar-refractivity contribution is 5.98. The average molecular weight is 263 g/mol. The third-order valence-corrected chi connectivity index (χ3v) is 2.61. The summed E-state index contributed by atoms with van der Waals surface area (Å²) in [5.41, 5.74) is 0.522. The summed E-state index contributed by atoms with van der Waals surface area (Å²) in [5, 5.41) is 2.78. The molecular weight excluding hydrogens is 242 g/mol. The highest BCUT2D eigenvalue weighted by Crippen LogP contribution is 2.20. The van der Waals surface area contributed by atoms with Crippen LogP contribution in [0.5, 0.6) is 5.75 Å². The van der Waals surface area contributed by atoms with Crippen LogP contribution in [0.1, 0.15) is 44.5 Å². The van der Waals surface area contributed by atoms with Gasteiger partial charge in [-0.15, -0.1) is 0 Å². The SMILES string of the molecule is CCC(=O)c1ccccc1OC(C)C(=O)NC(C)C. The number of hydrogen-bond donors (Lipinski definition) is 1. The van der Waals surface area contributed by atoms with Crippen molar-refractivity contribution in [1.82, 2.24) is 5.32 Å². The fourth-order valence-electron chi connectivity index (χ4n) is 1.64. The Labute approximate surface area is 114 Å². The molecule has 104 valence electrons. The molecule has 0 aliphatic rings. The van der Waals surface area contributed by atoms with Crippen LogP contribution in [-0.4, -0.2) is 23.8 Å². The fourth-order valence-corrected chi connectivity index (χ4v) is 1.64. The summed E-state index contributed by atoms with van der Waals surface area (Å²) in [6.07, 6.45) is -0.222. The minimum absolute atomic E-state index is 0.00654. The predicted molar refractivity (Wildman–Crippen MR) is 74.4 cm³/mol. The Balaban J connectivity index is 2.82. The van der Waals surface area contributed by atoms with Crippen LogP contribution in [0.2, 0.25) is 0 Å². The van der Waals surface area contributed by atoms with Gasteiger partial charge in [0, 0.05) is 12.5 Å². The summed E-state index contributed by atoms with van der Waals surface area (Å²) in [5.74, 6) is 0.279. The number of rotatable bonds is 6. The molecule has 0 aliphatic heterocycles. The molecular formula is C15H21NO3. The number of carbonyl (C=O) groups is 2. The van der Waals surface area contributed by atoms with Crippen LogP contribution in [-0.2, 0) is 4.79 Å². The van der Waals surface area contributed by atoms with Gasteiger partial charge in [-0.05, 0) is 32.9 Å². The Morgan fingerprint density at radius 2 is 1.84 bits per heavy atom. The zero-order valence-corrected chi connectivity index (χ0v) is 11.9. The number of ketones is 1. The first-order valence-electron chi connectivity index (χ1n) is 6.55. The molecule has 0 radical (unpaired) electrons. The molecule has 1 aromatic carbocycles. The number of Topliss-reactive ketones (excluding diaryl/α,β-unsaturated/α-hetero) is 1. The van der Waals surface area contributed by atoms with Crippen molar-refractivity contribution < 1.29 is 14.3 Å². The molecule has 1 amide bonds. The van der Waals surface area contributed by atoms with Gasteiger partial charge in [0.25, 0.3) is 5.91 Å². The molecule has 0 bridgehead atoms. The summed E-state index contributed by atoms with van der Waals surface area (Å²) >= 11 is 0. The highest BCUT2D eigenvalue weighted by atomic mass is 16.5. The molecule has 0 aromatic heterocycles. The number of ether oxygens (including phenoxy) is 1. The molecule has 4 heteroatoms. The van der Waals surface area contributed by atoms with Gasteiger partial charge in [0.15, 0.2) is 11.9 Å². The van der Waals surface area contributed by atoms with E-state index < -0.39 is 6.10 Å². The van der Waals surface area contributed by atoms with Gasteiger partial charge < -0.3 is 10.1 Å². The third-order valence-electron chi connectivity index (χ3n) is 2.61. The molecule has 0 saturated carbocycles. The van der Waals surface area contributed by atoms with Gasteiger partial charge in [0.1, 0.15) is 5.75 Å². The number of amides is 1. The Morgan fingerprint density at radius 1 is 1.21 bits per heavy atom. The van der Waals surface area contributed by atoms with E-state index in [0.717, 1.165) is 0 Å². The number of hydrogen-bond acceptors (Lipinski definition) is 3. The molecule has 1 atom stereocenters. The van der Waals surface area contributed by atoms with E-state index in [1.807, 2.05) is 13.8 Å². The maximum absolute atomic E-state index is 11.8. The second kappa shape index (κ2) is 6.92. The zero-order chi connectivity index (χ0) is 14.4. The first-order valence-corrected chi connectivity index (χ1v) is 6.55. The van der Waals surface area contributed by atoms with Crippen LogP contribution in [0.25, 0.3) is 0 Å². The van der Waals surface area contributed by atoms with Crippen LogP contribution in [0.4, 0.5) is 0 Å². The molecule has 19 heavy (non-hydrogen) atoms. The lowest BCUT2D eigenvalue weighted by atomic mass is 10.1. The molecule has 1 N–H and O–H groups in total. The Kier molecular flexibility index (Phi) is 5.55. The zero-order valence-electron chi connectivity index (χ0n) is 11.9. The first-order chi connectivity index (χ1) is 8.95. The van der Waals surface area contributed by atoms with Crippen molar-refractivity contribution in [2.45, 2.75) is 46.3 Å². The van der Waals surface area contributed by atoms with E-state index in [1.54, 1.807) is 38.1 Å². The molecule has 0 spiro atoms. The molecule has 1 unspecified atom stereocenters. The minimum atomic E-state index is -0.631. The smallest absolute Gasteiger partial charge is 0.260 e. The lowest BCUT2D eigenvalue weighted by Crippen LogP contribution is -2.40. The summed E-state index contributed by atoms with van der Waals surface area (Å²) < 4.78 is 5.60. The topological polar surface area (TPSA) is 55.4 Å². The molecule has 0 aliphatic carbocycles. The van der Waals surface area contributed by atoms with Crippen molar-refractivity contribution in [2.24, 2.45) is 0 Å².